The maximum absolute atomic E-state index is 11.0. The predicted octanol–water partition coefficient (Wildman–Crippen LogP) is 5.74. The minimum absolute atomic E-state index is 0.110. The van der Waals surface area contributed by atoms with Crippen LogP contribution < -0.4 is 0 Å². The molecule has 2 aromatic carbocycles. The van der Waals surface area contributed by atoms with Crippen molar-refractivity contribution in [2.24, 2.45) is 4.99 Å². The summed E-state index contributed by atoms with van der Waals surface area (Å²) in [5.74, 6) is 1.01. The van der Waals surface area contributed by atoms with Gasteiger partial charge in [0.15, 0.2) is 5.17 Å². The Hall–Kier alpha value is -2.34. The Bertz CT molecular complexity index is 854. The highest BCUT2D eigenvalue weighted by molar-refractivity contribution is 8.14. The molecular formula is C22H27N3O2S. The molecule has 0 aliphatic carbocycles. The second-order valence-corrected chi connectivity index (χ2v) is 8.31. The van der Waals surface area contributed by atoms with Crippen molar-refractivity contribution in [1.82, 2.24) is 4.90 Å². The van der Waals surface area contributed by atoms with Gasteiger partial charge in [0.25, 0.3) is 5.69 Å². The van der Waals surface area contributed by atoms with Crippen LogP contribution in [-0.2, 0) is 6.42 Å². The van der Waals surface area contributed by atoms with Gasteiger partial charge in [-0.1, -0.05) is 55.4 Å². The highest BCUT2D eigenvalue weighted by atomic mass is 32.2. The van der Waals surface area contributed by atoms with E-state index in [-0.39, 0.29) is 10.6 Å². The van der Waals surface area contributed by atoms with Crippen molar-refractivity contribution in [3.8, 4) is 0 Å². The molecule has 0 bridgehead atoms. The number of aliphatic imine (C=N–C) groups is 1. The molecule has 2 aromatic rings. The second-order valence-electron chi connectivity index (χ2n) is 7.32. The number of aryl methyl sites for hydroxylation is 1. The van der Waals surface area contributed by atoms with Gasteiger partial charge in [0.1, 0.15) is 0 Å². The molecule has 6 heteroatoms. The van der Waals surface area contributed by atoms with Gasteiger partial charge in [-0.05, 0) is 43.9 Å². The zero-order valence-electron chi connectivity index (χ0n) is 16.7. The third-order valence-electron chi connectivity index (χ3n) is 5.12. The second kappa shape index (κ2) is 9.24. The number of hydrogen-bond donors (Lipinski definition) is 0. The number of benzene rings is 2. The van der Waals surface area contributed by atoms with Crippen LogP contribution in [0.1, 0.15) is 37.8 Å². The van der Waals surface area contributed by atoms with Gasteiger partial charge in [-0.2, -0.15) is 0 Å². The van der Waals surface area contributed by atoms with Gasteiger partial charge >= 0.3 is 0 Å². The van der Waals surface area contributed by atoms with Crippen LogP contribution in [0.5, 0.6) is 0 Å². The van der Waals surface area contributed by atoms with E-state index in [0.29, 0.717) is 12.1 Å². The molecule has 1 aliphatic heterocycles. The summed E-state index contributed by atoms with van der Waals surface area (Å²) in [6, 6.07) is 16.3. The first-order chi connectivity index (χ1) is 13.5. The lowest BCUT2D eigenvalue weighted by Crippen LogP contribution is -2.42. The van der Waals surface area contributed by atoms with Crippen LogP contribution in [0, 0.1) is 17.0 Å². The molecule has 1 unspecified atom stereocenters. The largest absolute Gasteiger partial charge is 0.344 e. The Morgan fingerprint density at radius 1 is 1.29 bits per heavy atom. The van der Waals surface area contributed by atoms with Crippen LogP contribution >= 0.6 is 11.8 Å². The summed E-state index contributed by atoms with van der Waals surface area (Å²) in [5, 5.41) is 12.0. The van der Waals surface area contributed by atoms with Crippen LogP contribution in [0.4, 0.5) is 11.4 Å². The number of nitrogens with zero attached hydrogens (tertiary/aromatic N) is 3. The first-order valence-electron chi connectivity index (χ1n) is 9.78. The van der Waals surface area contributed by atoms with E-state index >= 15 is 0 Å². The van der Waals surface area contributed by atoms with Crippen LogP contribution in [-0.4, -0.2) is 32.8 Å². The monoisotopic (exact) mass is 397 g/mol. The predicted molar refractivity (Wildman–Crippen MR) is 118 cm³/mol. The molecule has 3 rings (SSSR count). The van der Waals surface area contributed by atoms with E-state index in [2.05, 4.69) is 49.1 Å². The number of rotatable bonds is 7. The van der Waals surface area contributed by atoms with E-state index in [1.54, 1.807) is 23.9 Å². The summed E-state index contributed by atoms with van der Waals surface area (Å²) >= 11 is 1.79. The van der Waals surface area contributed by atoms with E-state index in [1.807, 2.05) is 6.92 Å². The molecule has 0 N–H and O–H groups in total. The number of thioether (sulfide) groups is 1. The minimum Gasteiger partial charge on any atom is -0.344 e. The Labute approximate surface area is 171 Å². The normalized spacial score (nSPS) is 19.2. The Kier molecular flexibility index (Phi) is 6.73. The van der Waals surface area contributed by atoms with E-state index in [1.165, 1.54) is 11.6 Å². The Balaban J connectivity index is 1.88. The van der Waals surface area contributed by atoms with Crippen molar-refractivity contribution >= 4 is 28.3 Å². The molecule has 0 saturated carbocycles. The van der Waals surface area contributed by atoms with Crippen LogP contribution in [0.3, 0.4) is 0 Å². The maximum Gasteiger partial charge on any atom is 0.269 e. The van der Waals surface area contributed by atoms with Gasteiger partial charge in [0, 0.05) is 30.0 Å². The molecule has 1 saturated heterocycles. The summed E-state index contributed by atoms with van der Waals surface area (Å²) in [6.45, 7) is 6.36. The summed E-state index contributed by atoms with van der Waals surface area (Å²) in [7, 11) is 0. The van der Waals surface area contributed by atoms with Crippen molar-refractivity contribution in [1.29, 1.82) is 0 Å². The summed E-state index contributed by atoms with van der Waals surface area (Å²) in [4.78, 5) is 18.0. The van der Waals surface area contributed by atoms with Crippen LogP contribution in [0.2, 0.25) is 0 Å². The maximum atomic E-state index is 11.0. The third-order valence-corrected chi connectivity index (χ3v) is 6.23. The molecule has 0 amide bonds. The van der Waals surface area contributed by atoms with Crippen molar-refractivity contribution in [3.63, 3.8) is 0 Å². The first kappa shape index (κ1) is 20.4. The summed E-state index contributed by atoms with van der Waals surface area (Å²) in [5.41, 5.74) is 3.09. The van der Waals surface area contributed by atoms with E-state index in [0.717, 1.165) is 41.4 Å². The van der Waals surface area contributed by atoms with Crippen molar-refractivity contribution in [2.75, 3.05) is 5.75 Å². The van der Waals surface area contributed by atoms with Crippen molar-refractivity contribution < 1.29 is 4.92 Å². The lowest BCUT2D eigenvalue weighted by Gasteiger charge is -2.32. The fourth-order valence-electron chi connectivity index (χ4n) is 3.70. The molecule has 0 spiro atoms. The Morgan fingerprint density at radius 3 is 2.68 bits per heavy atom. The third kappa shape index (κ3) is 4.73. The lowest BCUT2D eigenvalue weighted by atomic mass is 10.0. The average molecular weight is 398 g/mol. The summed E-state index contributed by atoms with van der Waals surface area (Å²) < 4.78 is 0. The summed E-state index contributed by atoms with van der Waals surface area (Å²) in [6.07, 6.45) is 3.24. The molecule has 1 fully saturated rings. The molecule has 1 aliphatic rings. The first-order valence-corrected chi connectivity index (χ1v) is 10.8. The lowest BCUT2D eigenvalue weighted by molar-refractivity contribution is -0.384. The molecule has 1 heterocycles. The SMILES string of the molecule is CCCC(C)N1C(=Nc2ccc([N+](=O)[O-])cc2C)SC[C@@H]1Cc1ccccc1. The zero-order valence-corrected chi connectivity index (χ0v) is 17.5. The molecule has 0 aromatic heterocycles. The molecule has 28 heavy (non-hydrogen) atoms. The minimum atomic E-state index is -0.361. The number of amidine groups is 1. The van der Waals surface area contributed by atoms with Crippen LogP contribution in [0.25, 0.3) is 0 Å². The number of non-ortho nitro benzene ring substituents is 1. The van der Waals surface area contributed by atoms with Gasteiger partial charge in [-0.15, -0.1) is 0 Å². The van der Waals surface area contributed by atoms with Gasteiger partial charge in [0.2, 0.25) is 0 Å². The average Bonchev–Trinajstić information content (AvgIpc) is 3.06. The molecule has 2 atom stereocenters. The number of nitro benzene ring substituents is 1. The van der Waals surface area contributed by atoms with Gasteiger partial charge in [-0.25, -0.2) is 4.99 Å². The van der Waals surface area contributed by atoms with Gasteiger partial charge in [-0.3, -0.25) is 10.1 Å². The van der Waals surface area contributed by atoms with Crippen LogP contribution in [0.15, 0.2) is 53.5 Å². The number of hydrogen-bond acceptors (Lipinski definition) is 4. The van der Waals surface area contributed by atoms with E-state index in [9.17, 15) is 10.1 Å². The van der Waals surface area contributed by atoms with Gasteiger partial charge < -0.3 is 4.90 Å². The number of nitro groups is 1. The van der Waals surface area contributed by atoms with E-state index in [4.69, 9.17) is 4.99 Å². The zero-order chi connectivity index (χ0) is 20.1. The quantitative estimate of drug-likeness (QED) is 0.441. The fourth-order valence-corrected chi connectivity index (χ4v) is 4.96. The molecule has 5 nitrogen and oxygen atoms in total. The fraction of sp³-hybridized carbons (Fsp3) is 0.409. The molecule has 148 valence electrons. The standard InChI is InChI=1S/C22H27N3O2S/c1-4-8-17(3)24-20(14-18-9-6-5-7-10-18)15-28-22(24)23-21-12-11-19(25(26)27)13-16(21)2/h5-7,9-13,17,20H,4,8,14-15H2,1-3H3/t17?,20-/m0/s1. The Morgan fingerprint density at radius 2 is 2.04 bits per heavy atom. The highest BCUT2D eigenvalue weighted by Gasteiger charge is 2.33. The molecular weight excluding hydrogens is 370 g/mol. The topological polar surface area (TPSA) is 58.7 Å². The van der Waals surface area contributed by atoms with Gasteiger partial charge in [0.05, 0.1) is 10.6 Å². The highest BCUT2D eigenvalue weighted by Crippen LogP contribution is 2.33. The smallest absolute Gasteiger partial charge is 0.269 e. The van der Waals surface area contributed by atoms with Crippen molar-refractivity contribution in [2.45, 2.75) is 52.1 Å². The molecule has 0 radical (unpaired) electrons. The van der Waals surface area contributed by atoms with E-state index < -0.39 is 0 Å². The van der Waals surface area contributed by atoms with Crippen molar-refractivity contribution in [3.05, 3.63) is 69.8 Å².